The van der Waals surface area contributed by atoms with E-state index in [-0.39, 0.29) is 11.2 Å². The average molecular weight is 354 g/mol. The number of nitrogens with one attached hydrogen (secondary N) is 1. The Morgan fingerprint density at radius 3 is 2.55 bits per heavy atom. The van der Waals surface area contributed by atoms with Crippen LogP contribution < -0.4 is 5.32 Å². The highest BCUT2D eigenvalue weighted by molar-refractivity contribution is 8.03. The van der Waals surface area contributed by atoms with Crippen LogP contribution >= 0.6 is 34.9 Å². The van der Waals surface area contributed by atoms with Gasteiger partial charge in [-0.1, -0.05) is 60.0 Å². The zero-order chi connectivity index (χ0) is 16.1. The van der Waals surface area contributed by atoms with Gasteiger partial charge in [-0.25, -0.2) is 0 Å². The van der Waals surface area contributed by atoms with Gasteiger partial charge >= 0.3 is 0 Å². The fraction of sp³-hybridized carbons (Fsp3) is 0.400. The predicted octanol–water partition coefficient (Wildman–Crippen LogP) is 4.39. The Hall–Kier alpha value is -1.05. The minimum absolute atomic E-state index is 0.0118. The molecular weight excluding hydrogens is 334 g/mol. The van der Waals surface area contributed by atoms with Gasteiger partial charge in [-0.3, -0.25) is 4.79 Å². The quantitative estimate of drug-likeness (QED) is 0.781. The highest BCUT2D eigenvalue weighted by Gasteiger charge is 2.18. The predicted molar refractivity (Wildman–Crippen MR) is 96.2 cm³/mol. The van der Waals surface area contributed by atoms with Crippen molar-refractivity contribution in [3.05, 3.63) is 29.3 Å². The monoisotopic (exact) mass is 353 g/mol. The molecule has 1 atom stereocenters. The molecule has 0 saturated heterocycles. The molecule has 118 valence electrons. The van der Waals surface area contributed by atoms with Crippen LogP contribution in [0.5, 0.6) is 0 Å². The number of amides is 1. The second-order valence-corrected chi connectivity index (χ2v) is 8.86. The molecule has 0 aliphatic rings. The maximum Gasteiger partial charge on any atom is 0.237 e. The molecule has 0 radical (unpaired) electrons. The normalized spacial score (nSPS) is 12.2. The zero-order valence-electron chi connectivity index (χ0n) is 13.0. The van der Waals surface area contributed by atoms with Crippen LogP contribution in [0.15, 0.2) is 26.9 Å². The third kappa shape index (κ3) is 4.47. The number of benzene rings is 1. The van der Waals surface area contributed by atoms with Crippen molar-refractivity contribution in [1.82, 2.24) is 10.2 Å². The Labute approximate surface area is 143 Å². The number of carbonyl (C=O) groups is 1. The summed E-state index contributed by atoms with van der Waals surface area (Å²) in [6, 6.07) is 5.99. The number of anilines is 1. The largest absolute Gasteiger partial charge is 0.325 e. The third-order valence-electron chi connectivity index (χ3n) is 3.03. The number of rotatable bonds is 6. The van der Waals surface area contributed by atoms with E-state index in [0.717, 1.165) is 31.2 Å². The van der Waals surface area contributed by atoms with Gasteiger partial charge in [-0.15, -0.1) is 10.2 Å². The van der Waals surface area contributed by atoms with Gasteiger partial charge in [0.25, 0.3) is 0 Å². The van der Waals surface area contributed by atoms with Gasteiger partial charge in [0.15, 0.2) is 8.68 Å². The second kappa shape index (κ2) is 7.99. The van der Waals surface area contributed by atoms with Crippen molar-refractivity contribution in [2.24, 2.45) is 0 Å². The molecule has 2 aromatic rings. The molecule has 0 aliphatic carbocycles. The lowest BCUT2D eigenvalue weighted by atomic mass is 10.1. The van der Waals surface area contributed by atoms with E-state index in [9.17, 15) is 4.79 Å². The molecule has 0 unspecified atom stereocenters. The van der Waals surface area contributed by atoms with E-state index in [1.54, 1.807) is 11.8 Å². The number of para-hydroxylation sites is 1. The molecule has 0 fully saturated rings. The molecule has 22 heavy (non-hydrogen) atoms. The summed E-state index contributed by atoms with van der Waals surface area (Å²) in [7, 11) is 0. The molecule has 4 nitrogen and oxygen atoms in total. The summed E-state index contributed by atoms with van der Waals surface area (Å²) in [5, 5.41) is 11.0. The number of aromatic nitrogens is 2. The van der Waals surface area contributed by atoms with E-state index in [0.29, 0.717) is 0 Å². The molecule has 0 bridgehead atoms. The lowest BCUT2D eigenvalue weighted by Crippen LogP contribution is -2.23. The van der Waals surface area contributed by atoms with E-state index >= 15 is 0 Å². The third-order valence-corrected chi connectivity index (χ3v) is 6.15. The zero-order valence-corrected chi connectivity index (χ0v) is 15.5. The first-order chi connectivity index (χ1) is 10.5. The first-order valence-electron chi connectivity index (χ1n) is 7.01. The van der Waals surface area contributed by atoms with Crippen LogP contribution in [0, 0.1) is 13.8 Å². The van der Waals surface area contributed by atoms with E-state index in [2.05, 4.69) is 22.4 Å². The molecule has 0 saturated carbocycles. The molecule has 1 aromatic heterocycles. The number of thioether (sulfide) groups is 2. The van der Waals surface area contributed by atoms with Gasteiger partial charge in [0.1, 0.15) is 0 Å². The molecule has 1 aromatic carbocycles. The van der Waals surface area contributed by atoms with Crippen LogP contribution in [-0.4, -0.2) is 27.1 Å². The summed E-state index contributed by atoms with van der Waals surface area (Å²) in [6.07, 6.45) is 0. The Balaban J connectivity index is 1.99. The molecule has 0 aliphatic heterocycles. The van der Waals surface area contributed by atoms with Gasteiger partial charge in [0.05, 0.1) is 5.25 Å². The topological polar surface area (TPSA) is 54.9 Å². The Morgan fingerprint density at radius 2 is 1.91 bits per heavy atom. The fourth-order valence-corrected chi connectivity index (χ4v) is 4.93. The SMILES string of the molecule is CCSc1nnc(S[C@@H](C)C(=O)Nc2c(C)cccc2C)s1. The Morgan fingerprint density at radius 1 is 1.27 bits per heavy atom. The van der Waals surface area contributed by atoms with Crippen LogP contribution in [0.3, 0.4) is 0 Å². The molecular formula is C15H19N3OS3. The van der Waals surface area contributed by atoms with Crippen molar-refractivity contribution in [2.75, 3.05) is 11.1 Å². The summed E-state index contributed by atoms with van der Waals surface area (Å²) < 4.78 is 1.78. The number of hydrogen-bond acceptors (Lipinski definition) is 6. The standard InChI is InChI=1S/C15H19N3OS3/c1-5-20-14-17-18-15(22-14)21-11(4)13(19)16-12-9(2)7-6-8-10(12)3/h6-8,11H,5H2,1-4H3,(H,16,19)/t11-/m0/s1. The first-order valence-corrected chi connectivity index (χ1v) is 9.69. The fourth-order valence-electron chi connectivity index (χ4n) is 1.87. The summed E-state index contributed by atoms with van der Waals surface area (Å²) in [5.41, 5.74) is 3.05. The summed E-state index contributed by atoms with van der Waals surface area (Å²) in [4.78, 5) is 12.4. The van der Waals surface area contributed by atoms with E-state index in [1.807, 2.05) is 39.0 Å². The van der Waals surface area contributed by atoms with Crippen LogP contribution in [0.25, 0.3) is 0 Å². The van der Waals surface area contributed by atoms with Gasteiger partial charge in [0.2, 0.25) is 5.91 Å². The molecule has 1 heterocycles. The van der Waals surface area contributed by atoms with Gasteiger partial charge in [-0.05, 0) is 37.7 Å². The number of nitrogens with zero attached hydrogens (tertiary/aromatic N) is 2. The minimum atomic E-state index is -0.216. The maximum atomic E-state index is 12.4. The number of carbonyl (C=O) groups excluding carboxylic acids is 1. The Kier molecular flexibility index (Phi) is 6.28. The van der Waals surface area contributed by atoms with Gasteiger partial charge in [0, 0.05) is 5.69 Å². The minimum Gasteiger partial charge on any atom is -0.325 e. The molecule has 7 heteroatoms. The second-order valence-electron chi connectivity index (χ2n) is 4.78. The van der Waals surface area contributed by atoms with Crippen molar-refractivity contribution in [3.63, 3.8) is 0 Å². The van der Waals surface area contributed by atoms with Crippen LogP contribution in [0.1, 0.15) is 25.0 Å². The average Bonchev–Trinajstić information content (AvgIpc) is 2.90. The van der Waals surface area contributed by atoms with E-state index < -0.39 is 0 Å². The highest BCUT2D eigenvalue weighted by Crippen LogP contribution is 2.31. The molecule has 1 amide bonds. The highest BCUT2D eigenvalue weighted by atomic mass is 32.2. The van der Waals surface area contributed by atoms with Crippen molar-refractivity contribution in [1.29, 1.82) is 0 Å². The summed E-state index contributed by atoms with van der Waals surface area (Å²) >= 11 is 4.66. The lowest BCUT2D eigenvalue weighted by Gasteiger charge is -2.14. The number of hydrogen-bond donors (Lipinski definition) is 1. The smallest absolute Gasteiger partial charge is 0.237 e. The number of aryl methyl sites for hydroxylation is 2. The van der Waals surface area contributed by atoms with E-state index in [1.165, 1.54) is 23.1 Å². The van der Waals surface area contributed by atoms with Gasteiger partial charge in [-0.2, -0.15) is 0 Å². The first kappa shape index (κ1) is 17.3. The van der Waals surface area contributed by atoms with E-state index in [4.69, 9.17) is 0 Å². The Bertz CT molecular complexity index is 637. The van der Waals surface area contributed by atoms with Crippen molar-refractivity contribution >= 4 is 46.5 Å². The van der Waals surface area contributed by atoms with Crippen molar-refractivity contribution in [2.45, 2.75) is 41.6 Å². The molecule has 1 N–H and O–H groups in total. The molecule has 2 rings (SSSR count). The van der Waals surface area contributed by atoms with Crippen LogP contribution in [0.2, 0.25) is 0 Å². The summed E-state index contributed by atoms with van der Waals surface area (Å²) in [5.74, 6) is 0.962. The van der Waals surface area contributed by atoms with Crippen molar-refractivity contribution in [3.8, 4) is 0 Å². The molecule has 0 spiro atoms. The van der Waals surface area contributed by atoms with Crippen molar-refractivity contribution < 1.29 is 4.79 Å². The summed E-state index contributed by atoms with van der Waals surface area (Å²) in [6.45, 7) is 7.97. The van der Waals surface area contributed by atoms with Gasteiger partial charge < -0.3 is 5.32 Å². The van der Waals surface area contributed by atoms with Crippen LogP contribution in [0.4, 0.5) is 5.69 Å². The van der Waals surface area contributed by atoms with Crippen LogP contribution in [-0.2, 0) is 4.79 Å². The maximum absolute atomic E-state index is 12.4. The lowest BCUT2D eigenvalue weighted by molar-refractivity contribution is -0.115.